The van der Waals surface area contributed by atoms with Crippen molar-refractivity contribution in [3.8, 4) is 16.3 Å². The third kappa shape index (κ3) is 4.37. The van der Waals surface area contributed by atoms with Crippen molar-refractivity contribution in [3.63, 3.8) is 0 Å². The number of hydrogen-bond acceptors (Lipinski definition) is 6. The fraction of sp³-hybridized carbons (Fsp3) is 0.235. The fourth-order valence-corrected chi connectivity index (χ4v) is 4.98. The van der Waals surface area contributed by atoms with Crippen molar-refractivity contribution in [1.29, 1.82) is 0 Å². The molecule has 0 atom stereocenters. The predicted octanol–water partition coefficient (Wildman–Crippen LogP) is 4.22. The van der Waals surface area contributed by atoms with Crippen LogP contribution in [-0.4, -0.2) is 20.7 Å². The third-order valence-electron chi connectivity index (χ3n) is 3.80. The van der Waals surface area contributed by atoms with Gasteiger partial charge in [0.25, 0.3) is 0 Å². The minimum Gasteiger partial charge on any atom is -0.497 e. The number of methoxy groups -OCH3 is 1. The van der Waals surface area contributed by atoms with E-state index in [2.05, 4.69) is 14.4 Å². The van der Waals surface area contributed by atoms with Crippen LogP contribution in [0.4, 0.5) is 13.2 Å². The Morgan fingerprint density at radius 3 is 2.64 bits per heavy atom. The van der Waals surface area contributed by atoms with E-state index in [9.17, 15) is 21.6 Å². The second-order valence-corrected chi connectivity index (χ2v) is 8.77. The van der Waals surface area contributed by atoms with E-state index in [4.69, 9.17) is 4.74 Å². The summed E-state index contributed by atoms with van der Waals surface area (Å²) in [5.74, 6) is -0.647. The quantitative estimate of drug-likeness (QED) is 0.631. The van der Waals surface area contributed by atoms with Gasteiger partial charge in [0.2, 0.25) is 15.8 Å². The molecule has 0 amide bonds. The highest BCUT2D eigenvalue weighted by atomic mass is 32.2. The molecule has 0 spiro atoms. The molecule has 0 saturated carbocycles. The average molecular weight is 432 g/mol. The van der Waals surface area contributed by atoms with Gasteiger partial charge in [-0.25, -0.2) is 13.1 Å². The Balaban J connectivity index is 1.82. The largest absolute Gasteiger partial charge is 0.497 e. The highest BCUT2D eigenvalue weighted by Crippen LogP contribution is 2.36. The molecule has 0 radical (unpaired) electrons. The van der Waals surface area contributed by atoms with Gasteiger partial charge in [0.1, 0.15) is 11.4 Å². The number of aryl methyl sites for hydroxylation is 1. The number of hydrogen-bond donors (Lipinski definition) is 1. The number of sulfonamides is 1. The molecule has 3 rings (SSSR count). The SMILES string of the molecule is COc1cccc(CNS(=O)(=O)c2cc(-c3cc(C(F)(F)F)on3)sc2C)c1. The standard InChI is InChI=1S/C17H15F3N2O4S2/c1-10-15(8-14(27-10)13-7-16(26-22-13)17(18,19)20)28(23,24)21-9-11-4-3-5-12(6-11)25-2/h3-8,21H,9H2,1-2H3. The molecule has 0 bridgehead atoms. The summed E-state index contributed by atoms with van der Waals surface area (Å²) in [6, 6.07) is 8.93. The van der Waals surface area contributed by atoms with E-state index in [0.717, 1.165) is 17.4 Å². The molecule has 3 aromatic rings. The zero-order valence-corrected chi connectivity index (χ0v) is 16.3. The maximum absolute atomic E-state index is 12.7. The molecule has 0 aliphatic carbocycles. The monoisotopic (exact) mass is 432 g/mol. The lowest BCUT2D eigenvalue weighted by Gasteiger charge is -2.07. The molecule has 1 N–H and O–H groups in total. The highest BCUT2D eigenvalue weighted by molar-refractivity contribution is 7.89. The van der Waals surface area contributed by atoms with Gasteiger partial charge >= 0.3 is 6.18 Å². The van der Waals surface area contributed by atoms with Crippen LogP contribution in [0.3, 0.4) is 0 Å². The number of thiophene rings is 1. The summed E-state index contributed by atoms with van der Waals surface area (Å²) >= 11 is 1.02. The number of rotatable bonds is 6. The van der Waals surface area contributed by atoms with Crippen molar-refractivity contribution < 1.29 is 30.8 Å². The Bertz CT molecular complexity index is 1090. The smallest absolute Gasteiger partial charge is 0.452 e. The minimum absolute atomic E-state index is 0.0213. The number of nitrogens with zero attached hydrogens (tertiary/aromatic N) is 1. The lowest BCUT2D eigenvalue weighted by Crippen LogP contribution is -2.23. The highest BCUT2D eigenvalue weighted by Gasteiger charge is 2.36. The summed E-state index contributed by atoms with van der Waals surface area (Å²) in [6.07, 6.45) is -4.66. The van der Waals surface area contributed by atoms with Gasteiger partial charge in [0.15, 0.2) is 0 Å². The van der Waals surface area contributed by atoms with Crippen LogP contribution in [0.1, 0.15) is 16.2 Å². The molecular formula is C17H15F3N2O4S2. The Morgan fingerprint density at radius 2 is 2.00 bits per heavy atom. The molecule has 28 heavy (non-hydrogen) atoms. The van der Waals surface area contributed by atoms with E-state index in [0.29, 0.717) is 16.2 Å². The third-order valence-corrected chi connectivity index (χ3v) is 6.53. The van der Waals surface area contributed by atoms with Gasteiger partial charge in [-0.1, -0.05) is 17.3 Å². The lowest BCUT2D eigenvalue weighted by atomic mass is 10.2. The van der Waals surface area contributed by atoms with Gasteiger partial charge in [0, 0.05) is 17.5 Å². The first-order valence-corrected chi connectivity index (χ1v) is 10.2. The summed E-state index contributed by atoms with van der Waals surface area (Å²) in [6.45, 7) is 1.60. The van der Waals surface area contributed by atoms with Gasteiger partial charge in [-0.15, -0.1) is 11.3 Å². The summed E-state index contributed by atoms with van der Waals surface area (Å²) < 4.78 is 75.1. The summed E-state index contributed by atoms with van der Waals surface area (Å²) in [5.41, 5.74) is 0.622. The Kier molecular flexibility index (Phi) is 5.50. The van der Waals surface area contributed by atoms with Crippen LogP contribution < -0.4 is 9.46 Å². The van der Waals surface area contributed by atoms with E-state index in [1.165, 1.54) is 13.2 Å². The van der Waals surface area contributed by atoms with Crippen molar-refractivity contribution >= 4 is 21.4 Å². The van der Waals surface area contributed by atoms with Crippen LogP contribution in [0.5, 0.6) is 5.75 Å². The molecule has 0 saturated heterocycles. The number of benzene rings is 1. The van der Waals surface area contributed by atoms with Crippen LogP contribution in [0.15, 0.2) is 45.8 Å². The van der Waals surface area contributed by atoms with Gasteiger partial charge in [-0.2, -0.15) is 13.2 Å². The molecule has 150 valence electrons. The molecule has 11 heteroatoms. The van der Waals surface area contributed by atoms with Crippen LogP contribution in [0.2, 0.25) is 0 Å². The van der Waals surface area contributed by atoms with Gasteiger partial charge in [-0.3, -0.25) is 0 Å². The van der Waals surface area contributed by atoms with E-state index in [-0.39, 0.29) is 22.0 Å². The molecule has 0 aliphatic rings. The fourth-order valence-electron chi connectivity index (χ4n) is 2.42. The predicted molar refractivity (Wildman–Crippen MR) is 96.6 cm³/mol. The van der Waals surface area contributed by atoms with Crippen LogP contribution in [0.25, 0.3) is 10.6 Å². The maximum Gasteiger partial charge on any atom is 0.452 e. The van der Waals surface area contributed by atoms with Crippen molar-refractivity contribution in [2.75, 3.05) is 7.11 Å². The Labute approximate surface area is 163 Å². The second kappa shape index (κ2) is 7.57. The summed E-state index contributed by atoms with van der Waals surface area (Å²) in [7, 11) is -2.37. The topological polar surface area (TPSA) is 81.4 Å². The number of alkyl halides is 3. The molecule has 6 nitrogen and oxygen atoms in total. The first kappa shape index (κ1) is 20.4. The molecule has 2 heterocycles. The van der Waals surface area contributed by atoms with E-state index >= 15 is 0 Å². The maximum atomic E-state index is 12.7. The zero-order chi connectivity index (χ0) is 20.5. The van der Waals surface area contributed by atoms with Crippen molar-refractivity contribution in [2.45, 2.75) is 24.5 Å². The molecular weight excluding hydrogens is 417 g/mol. The van der Waals surface area contributed by atoms with Crippen molar-refractivity contribution in [1.82, 2.24) is 9.88 Å². The first-order chi connectivity index (χ1) is 13.1. The number of halogens is 3. The average Bonchev–Trinajstić information content (AvgIpc) is 3.27. The molecule has 0 aliphatic heterocycles. The van der Waals surface area contributed by atoms with Crippen LogP contribution in [0, 0.1) is 6.92 Å². The van der Waals surface area contributed by atoms with Gasteiger partial charge < -0.3 is 9.26 Å². The zero-order valence-electron chi connectivity index (χ0n) is 14.7. The molecule has 0 fully saturated rings. The normalized spacial score (nSPS) is 12.3. The van der Waals surface area contributed by atoms with E-state index < -0.39 is 22.0 Å². The van der Waals surface area contributed by atoms with E-state index in [1.54, 1.807) is 31.2 Å². The van der Waals surface area contributed by atoms with Crippen molar-refractivity contribution in [2.24, 2.45) is 0 Å². The molecule has 0 unspecified atom stereocenters. The van der Waals surface area contributed by atoms with Gasteiger partial charge in [-0.05, 0) is 30.7 Å². The number of aromatic nitrogens is 1. The number of ether oxygens (including phenoxy) is 1. The van der Waals surface area contributed by atoms with Crippen molar-refractivity contribution in [3.05, 3.63) is 52.6 Å². The summed E-state index contributed by atoms with van der Waals surface area (Å²) in [4.78, 5) is 0.662. The Hall–Kier alpha value is -2.37. The molecule has 2 aromatic heterocycles. The molecule has 1 aromatic carbocycles. The van der Waals surface area contributed by atoms with Gasteiger partial charge in [0.05, 0.1) is 16.9 Å². The first-order valence-electron chi connectivity index (χ1n) is 7.87. The second-order valence-electron chi connectivity index (χ2n) is 5.78. The minimum atomic E-state index is -4.66. The van der Waals surface area contributed by atoms with Crippen LogP contribution >= 0.6 is 11.3 Å². The Morgan fingerprint density at radius 1 is 1.25 bits per heavy atom. The summed E-state index contributed by atoms with van der Waals surface area (Å²) in [5, 5.41) is 3.39. The van der Waals surface area contributed by atoms with E-state index in [1.807, 2.05) is 0 Å². The number of nitrogens with one attached hydrogen (secondary N) is 1. The van der Waals surface area contributed by atoms with Crippen LogP contribution in [-0.2, 0) is 22.7 Å². The lowest BCUT2D eigenvalue weighted by molar-refractivity contribution is -0.155.